The lowest BCUT2D eigenvalue weighted by Crippen LogP contribution is -2.27. The van der Waals surface area contributed by atoms with Crippen LogP contribution in [0.3, 0.4) is 0 Å². The van der Waals surface area contributed by atoms with Crippen LogP contribution in [0, 0.1) is 6.92 Å². The van der Waals surface area contributed by atoms with Crippen LogP contribution in [0.25, 0.3) is 33.5 Å². The van der Waals surface area contributed by atoms with E-state index in [0.29, 0.717) is 19.0 Å². The van der Waals surface area contributed by atoms with Crippen molar-refractivity contribution < 1.29 is 0 Å². The molecule has 0 atom stereocenters. The van der Waals surface area contributed by atoms with Gasteiger partial charge in [0.1, 0.15) is 5.82 Å². The molecule has 3 heterocycles. The average molecular weight is 444 g/mol. The van der Waals surface area contributed by atoms with E-state index in [1.165, 1.54) is 5.56 Å². The summed E-state index contributed by atoms with van der Waals surface area (Å²) in [5.74, 6) is 1.61. The van der Waals surface area contributed by atoms with Crippen LogP contribution in [0.15, 0.2) is 47.3 Å². The lowest BCUT2D eigenvalue weighted by atomic mass is 9.97. The second kappa shape index (κ2) is 8.67. The van der Waals surface area contributed by atoms with Crippen molar-refractivity contribution in [2.24, 2.45) is 7.05 Å². The molecular formula is C27H33N5O. The molecule has 5 rings (SSSR count). The maximum absolute atomic E-state index is 12.9. The zero-order chi connectivity index (χ0) is 23.1. The minimum atomic E-state index is 0.0615. The zero-order valence-electron chi connectivity index (χ0n) is 20.1. The summed E-state index contributed by atoms with van der Waals surface area (Å²) in [6, 6.07) is 15.0. The van der Waals surface area contributed by atoms with E-state index in [0.717, 1.165) is 65.3 Å². The summed E-state index contributed by atoms with van der Waals surface area (Å²) >= 11 is 0. The Bertz CT molecular complexity index is 1370. The van der Waals surface area contributed by atoms with E-state index in [9.17, 15) is 4.79 Å². The van der Waals surface area contributed by atoms with Crippen molar-refractivity contribution in [2.45, 2.75) is 52.6 Å². The van der Waals surface area contributed by atoms with Crippen LogP contribution in [0.2, 0.25) is 0 Å². The second-order valence-corrected chi connectivity index (χ2v) is 9.09. The summed E-state index contributed by atoms with van der Waals surface area (Å²) in [4.78, 5) is 18.1. The number of aromatic nitrogens is 4. The van der Waals surface area contributed by atoms with E-state index >= 15 is 0 Å². The highest BCUT2D eigenvalue weighted by molar-refractivity contribution is 5.86. The molecule has 0 bridgehead atoms. The first-order valence-corrected chi connectivity index (χ1v) is 12.1. The monoisotopic (exact) mass is 443 g/mol. The van der Waals surface area contributed by atoms with E-state index < -0.39 is 0 Å². The van der Waals surface area contributed by atoms with Gasteiger partial charge in [-0.05, 0) is 64.9 Å². The van der Waals surface area contributed by atoms with Crippen LogP contribution in [0.1, 0.15) is 44.0 Å². The summed E-state index contributed by atoms with van der Waals surface area (Å²) in [5, 5.41) is 3.47. The van der Waals surface area contributed by atoms with Crippen molar-refractivity contribution in [1.29, 1.82) is 0 Å². The topological polar surface area (TPSA) is 56.8 Å². The summed E-state index contributed by atoms with van der Waals surface area (Å²) in [7, 11) is 2.15. The Morgan fingerprint density at radius 3 is 2.39 bits per heavy atom. The first kappa shape index (κ1) is 21.7. The highest BCUT2D eigenvalue weighted by atomic mass is 16.1. The van der Waals surface area contributed by atoms with Gasteiger partial charge in [-0.2, -0.15) is 0 Å². The average Bonchev–Trinajstić information content (AvgIpc) is 3.32. The Kier molecular flexibility index (Phi) is 5.71. The number of rotatable bonds is 5. The largest absolute Gasteiger partial charge is 0.330 e. The van der Waals surface area contributed by atoms with Crippen LogP contribution < -0.4 is 11.0 Å². The molecule has 6 nitrogen and oxygen atoms in total. The van der Waals surface area contributed by atoms with Crippen LogP contribution in [0.4, 0.5) is 0 Å². The molecular weight excluding hydrogens is 410 g/mol. The van der Waals surface area contributed by atoms with E-state index in [1.54, 1.807) is 0 Å². The number of fused-ring (bicyclic) bond motifs is 1. The van der Waals surface area contributed by atoms with Crippen molar-refractivity contribution in [1.82, 2.24) is 24.0 Å². The van der Waals surface area contributed by atoms with Crippen LogP contribution in [0.5, 0.6) is 0 Å². The van der Waals surface area contributed by atoms with E-state index in [1.807, 2.05) is 23.0 Å². The number of aryl methyl sites for hydroxylation is 3. The Labute approximate surface area is 194 Å². The molecule has 0 aliphatic carbocycles. The maximum Gasteiger partial charge on any atom is 0.329 e. The number of hydrogen-bond donors (Lipinski definition) is 1. The van der Waals surface area contributed by atoms with Gasteiger partial charge in [0.15, 0.2) is 0 Å². The standard InChI is InChI=1S/C27H33N5O/c1-5-31-22-11-10-21(17-23(22)32(6-2)27(31)33)25-24(20-9-7-8-18(3)16-20)29-26(30(25)4)19-12-14-28-15-13-19/h7-11,16-17,19,28H,5-6,12-15H2,1-4H3. The lowest BCUT2D eigenvalue weighted by Gasteiger charge is -2.22. The zero-order valence-corrected chi connectivity index (χ0v) is 20.1. The third-order valence-corrected chi connectivity index (χ3v) is 7.05. The summed E-state index contributed by atoms with van der Waals surface area (Å²) in [6.45, 7) is 9.57. The molecule has 2 aromatic heterocycles. The Balaban J connectivity index is 1.75. The van der Waals surface area contributed by atoms with Gasteiger partial charge in [0.05, 0.1) is 22.4 Å². The number of nitrogens with one attached hydrogen (secondary N) is 1. The molecule has 1 aliphatic rings. The van der Waals surface area contributed by atoms with Crippen LogP contribution >= 0.6 is 0 Å². The van der Waals surface area contributed by atoms with Gasteiger partial charge < -0.3 is 9.88 Å². The van der Waals surface area contributed by atoms with E-state index in [4.69, 9.17) is 4.98 Å². The number of benzene rings is 2. The number of nitrogens with zero attached hydrogens (tertiary/aromatic N) is 4. The van der Waals surface area contributed by atoms with Crippen molar-refractivity contribution in [3.63, 3.8) is 0 Å². The van der Waals surface area contributed by atoms with Gasteiger partial charge in [0, 0.05) is 37.2 Å². The van der Waals surface area contributed by atoms with Gasteiger partial charge in [-0.3, -0.25) is 9.13 Å². The summed E-state index contributed by atoms with van der Waals surface area (Å²) < 4.78 is 6.02. The molecule has 4 aromatic rings. The Morgan fingerprint density at radius 2 is 1.70 bits per heavy atom. The predicted molar refractivity (Wildman–Crippen MR) is 135 cm³/mol. The van der Waals surface area contributed by atoms with Gasteiger partial charge >= 0.3 is 5.69 Å². The fraction of sp³-hybridized carbons (Fsp3) is 0.407. The van der Waals surface area contributed by atoms with Crippen LogP contribution in [-0.2, 0) is 20.1 Å². The van der Waals surface area contributed by atoms with Gasteiger partial charge in [0.2, 0.25) is 0 Å². The molecule has 0 amide bonds. The predicted octanol–water partition coefficient (Wildman–Crippen LogP) is 4.69. The third kappa shape index (κ3) is 3.62. The van der Waals surface area contributed by atoms with Gasteiger partial charge in [0.25, 0.3) is 0 Å². The van der Waals surface area contributed by atoms with Crippen molar-refractivity contribution in [3.05, 3.63) is 64.3 Å². The minimum Gasteiger partial charge on any atom is -0.330 e. The third-order valence-electron chi connectivity index (χ3n) is 7.05. The highest BCUT2D eigenvalue weighted by Gasteiger charge is 2.25. The molecule has 1 aliphatic heterocycles. The quantitative estimate of drug-likeness (QED) is 0.487. The van der Waals surface area contributed by atoms with Gasteiger partial charge in [-0.15, -0.1) is 0 Å². The van der Waals surface area contributed by atoms with Crippen molar-refractivity contribution in [3.8, 4) is 22.5 Å². The summed E-state index contributed by atoms with van der Waals surface area (Å²) in [5.41, 5.74) is 7.65. The molecule has 1 saturated heterocycles. The Morgan fingerprint density at radius 1 is 0.970 bits per heavy atom. The van der Waals surface area contributed by atoms with Crippen molar-refractivity contribution >= 4 is 11.0 Å². The van der Waals surface area contributed by atoms with E-state index in [-0.39, 0.29) is 5.69 Å². The smallest absolute Gasteiger partial charge is 0.329 e. The highest BCUT2D eigenvalue weighted by Crippen LogP contribution is 2.37. The minimum absolute atomic E-state index is 0.0615. The molecule has 6 heteroatoms. The molecule has 33 heavy (non-hydrogen) atoms. The molecule has 1 N–H and O–H groups in total. The van der Waals surface area contributed by atoms with Gasteiger partial charge in [-0.25, -0.2) is 9.78 Å². The molecule has 0 saturated carbocycles. The molecule has 0 spiro atoms. The maximum atomic E-state index is 12.9. The SMILES string of the molecule is CCn1c(=O)n(CC)c2cc(-c3c(-c4cccc(C)c4)nc(C4CCNCC4)n3C)ccc21. The van der Waals surface area contributed by atoms with E-state index in [2.05, 4.69) is 66.3 Å². The van der Waals surface area contributed by atoms with Crippen LogP contribution in [-0.4, -0.2) is 31.8 Å². The van der Waals surface area contributed by atoms with Gasteiger partial charge in [-0.1, -0.05) is 29.8 Å². The molecule has 2 aromatic carbocycles. The number of imidazole rings is 2. The molecule has 0 radical (unpaired) electrons. The summed E-state index contributed by atoms with van der Waals surface area (Å²) in [6.07, 6.45) is 2.20. The lowest BCUT2D eigenvalue weighted by molar-refractivity contribution is 0.438. The number of hydrogen-bond acceptors (Lipinski definition) is 3. The second-order valence-electron chi connectivity index (χ2n) is 9.09. The molecule has 0 unspecified atom stereocenters. The first-order valence-electron chi connectivity index (χ1n) is 12.1. The fourth-order valence-corrected chi connectivity index (χ4v) is 5.36. The number of piperidine rings is 1. The normalized spacial score (nSPS) is 14.9. The fourth-order valence-electron chi connectivity index (χ4n) is 5.36. The van der Waals surface area contributed by atoms with Crippen molar-refractivity contribution in [2.75, 3.05) is 13.1 Å². The molecule has 1 fully saturated rings. The Hall–Kier alpha value is -3.12. The molecule has 172 valence electrons. The first-order chi connectivity index (χ1) is 16.0.